The molecule has 0 fully saturated rings. The molecule has 1 aliphatic heterocycles. The van der Waals surface area contributed by atoms with E-state index >= 15 is 0 Å². The van der Waals surface area contributed by atoms with Gasteiger partial charge in [-0.05, 0) is 24.8 Å². The summed E-state index contributed by atoms with van der Waals surface area (Å²) in [6, 6.07) is 0. The summed E-state index contributed by atoms with van der Waals surface area (Å²) in [7, 11) is 0. The molecule has 0 saturated heterocycles. The molecule has 1 aliphatic carbocycles. The highest BCUT2D eigenvalue weighted by molar-refractivity contribution is 5.28. The molecule has 0 amide bonds. The van der Waals surface area contributed by atoms with Crippen LogP contribution in [-0.4, -0.2) is 0 Å². The van der Waals surface area contributed by atoms with Crippen molar-refractivity contribution in [2.24, 2.45) is 5.92 Å². The first-order valence-electron chi connectivity index (χ1n) is 4.18. The van der Waals surface area contributed by atoms with E-state index in [9.17, 15) is 5.21 Å². The average Bonchev–Trinajstić information content (AvgIpc) is 2.25. The van der Waals surface area contributed by atoms with Gasteiger partial charge >= 0.3 is 0 Å². The number of allylic oxidation sites excluding steroid dienone is 4. The molecule has 2 unspecified atom stereocenters. The Bertz CT molecular complexity index is 253. The molecule has 0 aromatic heterocycles. The molecular formula is C10H11NO. The summed E-state index contributed by atoms with van der Waals surface area (Å²) >= 11 is 0. The molecule has 2 heteroatoms. The molecule has 2 radical (unpaired) electrons. The van der Waals surface area contributed by atoms with Gasteiger partial charge in [0.05, 0.1) is 6.20 Å². The molecule has 0 aromatic rings. The fourth-order valence-corrected chi connectivity index (χ4v) is 1.57. The molecule has 1 N–H and O–H groups in total. The highest BCUT2D eigenvalue weighted by atomic mass is 16.5. The zero-order valence-corrected chi connectivity index (χ0v) is 6.79. The standard InChI is InChI=1S/C10H11NO/c12-11-7-3-6-9-4-1-2-5-10(9)8-11/h2-3,5,7-9,11H,4,6H2. The van der Waals surface area contributed by atoms with E-state index in [1.54, 1.807) is 12.4 Å². The fourth-order valence-electron chi connectivity index (χ4n) is 1.57. The van der Waals surface area contributed by atoms with E-state index < -0.39 is 0 Å². The smallest absolute Gasteiger partial charge is 0.102 e. The second-order valence-electron chi connectivity index (χ2n) is 3.12. The summed E-state index contributed by atoms with van der Waals surface area (Å²) < 4.78 is 0. The number of hydrogen-bond donors (Lipinski definition) is 1. The summed E-state index contributed by atoms with van der Waals surface area (Å²) in [5.41, 5.74) is 1.16. The van der Waals surface area contributed by atoms with Crippen molar-refractivity contribution in [1.29, 1.82) is 0 Å². The van der Waals surface area contributed by atoms with Gasteiger partial charge in [-0.15, -0.1) is 0 Å². The van der Waals surface area contributed by atoms with Crippen LogP contribution in [0.5, 0.6) is 0 Å². The number of hydrogen-bond acceptors (Lipinski definition) is 1. The number of hydroxylamine groups is 2. The molecule has 2 nitrogen and oxygen atoms in total. The van der Waals surface area contributed by atoms with E-state index in [2.05, 4.69) is 6.42 Å². The zero-order chi connectivity index (χ0) is 8.39. The Morgan fingerprint density at radius 2 is 2.50 bits per heavy atom. The van der Waals surface area contributed by atoms with Gasteiger partial charge in [-0.3, -0.25) is 0 Å². The maximum Gasteiger partial charge on any atom is 0.102 e. The molecule has 2 atom stereocenters. The molecule has 0 saturated carbocycles. The summed E-state index contributed by atoms with van der Waals surface area (Å²) in [4.78, 5) is 0. The number of quaternary nitrogens is 1. The van der Waals surface area contributed by atoms with Crippen molar-refractivity contribution in [3.63, 3.8) is 0 Å². The lowest BCUT2D eigenvalue weighted by Gasteiger charge is -2.18. The van der Waals surface area contributed by atoms with Crippen LogP contribution in [0.15, 0.2) is 36.2 Å². The van der Waals surface area contributed by atoms with Gasteiger partial charge in [-0.1, -0.05) is 12.2 Å². The summed E-state index contributed by atoms with van der Waals surface area (Å²) in [5, 5.41) is 11.2. The Hall–Kier alpha value is -0.860. The predicted molar refractivity (Wildman–Crippen MR) is 46.7 cm³/mol. The lowest BCUT2D eigenvalue weighted by Crippen LogP contribution is -2.96. The van der Waals surface area contributed by atoms with Crippen LogP contribution in [0.25, 0.3) is 0 Å². The molecule has 0 bridgehead atoms. The largest absolute Gasteiger partial charge is 0.624 e. The highest BCUT2D eigenvalue weighted by Gasteiger charge is 2.17. The monoisotopic (exact) mass is 161 g/mol. The lowest BCUT2D eigenvalue weighted by molar-refractivity contribution is -0.730. The first-order valence-corrected chi connectivity index (χ1v) is 4.18. The van der Waals surface area contributed by atoms with E-state index in [0.29, 0.717) is 5.92 Å². The Labute approximate surface area is 72.5 Å². The molecule has 1 heterocycles. The Morgan fingerprint density at radius 3 is 3.42 bits per heavy atom. The molecule has 2 aliphatic rings. The molecule has 62 valence electrons. The predicted octanol–water partition coefficient (Wildman–Crippen LogP) is 0.828. The van der Waals surface area contributed by atoms with Crippen molar-refractivity contribution < 1.29 is 5.06 Å². The average molecular weight is 161 g/mol. The minimum absolute atomic E-state index is 0.110. The third kappa shape index (κ3) is 1.49. The van der Waals surface area contributed by atoms with Gasteiger partial charge in [0, 0.05) is 12.0 Å². The quantitative estimate of drug-likeness (QED) is 0.523. The Balaban J connectivity index is 2.26. The zero-order valence-electron chi connectivity index (χ0n) is 6.79. The van der Waals surface area contributed by atoms with Crippen LogP contribution in [0.2, 0.25) is 0 Å². The van der Waals surface area contributed by atoms with Crippen LogP contribution in [0.3, 0.4) is 0 Å². The summed E-state index contributed by atoms with van der Waals surface area (Å²) in [6.07, 6.45) is 14.3. The number of rotatable bonds is 0. The van der Waals surface area contributed by atoms with E-state index in [0.717, 1.165) is 18.4 Å². The maximum atomic E-state index is 11.1. The molecule has 12 heavy (non-hydrogen) atoms. The van der Waals surface area contributed by atoms with Crippen LogP contribution >= 0.6 is 0 Å². The number of nitrogens with one attached hydrogen (secondary N) is 1. The van der Waals surface area contributed by atoms with E-state index in [1.807, 2.05) is 18.2 Å². The van der Waals surface area contributed by atoms with Crippen molar-refractivity contribution in [1.82, 2.24) is 0 Å². The van der Waals surface area contributed by atoms with Crippen molar-refractivity contribution >= 4 is 0 Å². The third-order valence-corrected chi connectivity index (χ3v) is 2.24. The van der Waals surface area contributed by atoms with Crippen molar-refractivity contribution in [3.05, 3.63) is 47.8 Å². The first-order chi connectivity index (χ1) is 5.86. The van der Waals surface area contributed by atoms with Crippen molar-refractivity contribution in [2.75, 3.05) is 0 Å². The van der Waals surface area contributed by atoms with Crippen LogP contribution in [-0.2, 0) is 0 Å². The second kappa shape index (κ2) is 3.25. The normalized spacial score (nSPS) is 33.9. The van der Waals surface area contributed by atoms with Gasteiger partial charge in [0.1, 0.15) is 6.20 Å². The SMILES string of the molecule is [O-][NH+]1C=CCC2C[C]C=CC2=C1. The van der Waals surface area contributed by atoms with Gasteiger partial charge in [0.2, 0.25) is 0 Å². The van der Waals surface area contributed by atoms with Gasteiger partial charge in [-0.2, -0.15) is 0 Å². The lowest BCUT2D eigenvalue weighted by atomic mass is 9.88. The molecular weight excluding hydrogens is 150 g/mol. The molecule has 2 rings (SSSR count). The maximum absolute atomic E-state index is 11.1. The summed E-state index contributed by atoms with van der Waals surface area (Å²) in [6.45, 7) is 0. The van der Waals surface area contributed by atoms with Crippen LogP contribution in [0.1, 0.15) is 12.8 Å². The van der Waals surface area contributed by atoms with Crippen LogP contribution < -0.4 is 5.06 Å². The molecule has 0 aromatic carbocycles. The van der Waals surface area contributed by atoms with Gasteiger partial charge < -0.3 is 10.3 Å². The van der Waals surface area contributed by atoms with Gasteiger partial charge in [-0.25, -0.2) is 0 Å². The Morgan fingerprint density at radius 1 is 1.58 bits per heavy atom. The van der Waals surface area contributed by atoms with E-state index in [4.69, 9.17) is 0 Å². The topological polar surface area (TPSA) is 27.5 Å². The fraction of sp³-hybridized carbons (Fsp3) is 0.300. The van der Waals surface area contributed by atoms with Crippen molar-refractivity contribution in [3.8, 4) is 0 Å². The minimum atomic E-state index is 0.110. The van der Waals surface area contributed by atoms with Crippen LogP contribution in [0, 0.1) is 17.5 Å². The number of fused-ring (bicyclic) bond motifs is 1. The third-order valence-electron chi connectivity index (χ3n) is 2.24. The minimum Gasteiger partial charge on any atom is -0.624 e. The second-order valence-corrected chi connectivity index (χ2v) is 3.12. The Kier molecular flexibility index (Phi) is 2.11. The van der Waals surface area contributed by atoms with Gasteiger partial charge in [0.25, 0.3) is 0 Å². The van der Waals surface area contributed by atoms with Gasteiger partial charge in [0.15, 0.2) is 0 Å². The van der Waals surface area contributed by atoms with Crippen LogP contribution in [0.4, 0.5) is 0 Å². The van der Waals surface area contributed by atoms with Crippen molar-refractivity contribution in [2.45, 2.75) is 12.8 Å². The van der Waals surface area contributed by atoms with E-state index in [-0.39, 0.29) is 5.06 Å². The summed E-state index contributed by atoms with van der Waals surface area (Å²) in [5.74, 6) is 0.484. The molecule has 0 spiro atoms. The first kappa shape index (κ1) is 7.77. The van der Waals surface area contributed by atoms with E-state index in [1.165, 1.54) is 0 Å². The highest BCUT2D eigenvalue weighted by Crippen LogP contribution is 2.26.